The topological polar surface area (TPSA) is 65.0 Å². The number of hydrogen-bond donors (Lipinski definition) is 0. The minimum atomic E-state index is -0.523. The molecule has 124 valence electrons. The number of hydrogen-bond acceptors (Lipinski definition) is 5. The molecule has 3 rings (SSSR count). The zero-order valence-corrected chi connectivity index (χ0v) is 13.5. The summed E-state index contributed by atoms with van der Waals surface area (Å²) in [5, 5.41) is 0. The van der Waals surface area contributed by atoms with Gasteiger partial charge in [-0.05, 0) is 35.4 Å². The van der Waals surface area contributed by atoms with Crippen LogP contribution >= 0.6 is 0 Å². The molecule has 0 aliphatic carbocycles. The molecule has 25 heavy (non-hydrogen) atoms. The molecule has 0 unspecified atom stereocenters. The molecule has 0 saturated heterocycles. The van der Waals surface area contributed by atoms with Crippen molar-refractivity contribution in [1.82, 2.24) is 0 Å². The summed E-state index contributed by atoms with van der Waals surface area (Å²) in [4.78, 5) is 27.1. The van der Waals surface area contributed by atoms with Crippen LogP contribution in [-0.4, -0.2) is 17.8 Å². The van der Waals surface area contributed by atoms with Gasteiger partial charge in [0.2, 0.25) is 5.90 Å². The van der Waals surface area contributed by atoms with Crippen LogP contribution in [0.3, 0.4) is 0 Å². The van der Waals surface area contributed by atoms with Gasteiger partial charge in [0.05, 0.1) is 0 Å². The second-order valence-corrected chi connectivity index (χ2v) is 5.28. The fourth-order valence-corrected chi connectivity index (χ4v) is 2.22. The second-order valence-electron chi connectivity index (χ2n) is 5.28. The Morgan fingerprint density at radius 1 is 1.04 bits per heavy atom. The predicted octanol–water partition coefficient (Wildman–Crippen LogP) is 3.62. The maximum atomic E-state index is 11.9. The molecule has 5 nitrogen and oxygen atoms in total. The molecule has 1 aliphatic heterocycles. The van der Waals surface area contributed by atoms with Gasteiger partial charge in [0.15, 0.2) is 5.70 Å². The first-order valence-electron chi connectivity index (χ1n) is 7.64. The SMILES string of the molecule is CC(=O)Oc1cccc(/C=C2N=C(/C=C/c3ccccc3)OC/2=O)c1. The molecule has 5 heteroatoms. The van der Waals surface area contributed by atoms with Crippen LogP contribution in [0, 0.1) is 0 Å². The number of carbonyl (C=O) groups is 2. The lowest BCUT2D eigenvalue weighted by atomic mass is 10.2. The maximum Gasteiger partial charge on any atom is 0.363 e. The van der Waals surface area contributed by atoms with Crippen LogP contribution in [0.5, 0.6) is 5.75 Å². The Labute approximate surface area is 144 Å². The van der Waals surface area contributed by atoms with Crippen molar-refractivity contribution in [2.75, 3.05) is 0 Å². The zero-order chi connectivity index (χ0) is 17.6. The van der Waals surface area contributed by atoms with Gasteiger partial charge in [-0.1, -0.05) is 42.5 Å². The van der Waals surface area contributed by atoms with Crippen LogP contribution in [0.4, 0.5) is 0 Å². The molecular formula is C20H15NO4. The summed E-state index contributed by atoms with van der Waals surface area (Å²) >= 11 is 0. The molecule has 0 N–H and O–H groups in total. The van der Waals surface area contributed by atoms with Gasteiger partial charge in [-0.15, -0.1) is 0 Å². The van der Waals surface area contributed by atoms with Crippen molar-refractivity contribution >= 4 is 30.0 Å². The highest BCUT2D eigenvalue weighted by molar-refractivity contribution is 6.11. The fourth-order valence-electron chi connectivity index (χ4n) is 2.22. The van der Waals surface area contributed by atoms with Gasteiger partial charge < -0.3 is 9.47 Å². The van der Waals surface area contributed by atoms with E-state index in [-0.39, 0.29) is 11.6 Å². The van der Waals surface area contributed by atoms with Gasteiger partial charge in [0.1, 0.15) is 5.75 Å². The average Bonchev–Trinajstić information content (AvgIpc) is 2.93. The van der Waals surface area contributed by atoms with E-state index in [9.17, 15) is 9.59 Å². The van der Waals surface area contributed by atoms with Crippen LogP contribution in [0.15, 0.2) is 71.4 Å². The highest BCUT2D eigenvalue weighted by Gasteiger charge is 2.21. The van der Waals surface area contributed by atoms with Crippen LogP contribution in [-0.2, 0) is 14.3 Å². The van der Waals surface area contributed by atoms with Crippen molar-refractivity contribution in [2.24, 2.45) is 4.99 Å². The lowest BCUT2D eigenvalue weighted by Gasteiger charge is -2.01. The number of esters is 2. The van der Waals surface area contributed by atoms with Crippen molar-refractivity contribution in [3.63, 3.8) is 0 Å². The van der Waals surface area contributed by atoms with Gasteiger partial charge in [-0.2, -0.15) is 0 Å². The third-order valence-corrected chi connectivity index (χ3v) is 3.28. The molecule has 1 aliphatic rings. The minimum absolute atomic E-state index is 0.188. The van der Waals surface area contributed by atoms with Gasteiger partial charge in [-0.3, -0.25) is 4.79 Å². The van der Waals surface area contributed by atoms with E-state index in [0.29, 0.717) is 11.3 Å². The Kier molecular flexibility index (Phi) is 4.85. The van der Waals surface area contributed by atoms with Crippen molar-refractivity contribution in [3.05, 3.63) is 77.5 Å². The maximum absolute atomic E-state index is 11.9. The number of cyclic esters (lactones) is 1. The van der Waals surface area contributed by atoms with Crippen LogP contribution < -0.4 is 4.74 Å². The van der Waals surface area contributed by atoms with E-state index in [1.807, 2.05) is 36.4 Å². The standard InChI is InChI=1S/C20H15NO4/c1-14(22)24-17-9-5-8-16(12-17)13-18-20(23)25-19(21-18)11-10-15-6-3-2-4-7-15/h2-13H,1H3/b11-10+,18-13+. The zero-order valence-electron chi connectivity index (χ0n) is 13.5. The van der Waals surface area contributed by atoms with Crippen LogP contribution in [0.1, 0.15) is 18.1 Å². The molecule has 0 aromatic heterocycles. The molecule has 1 heterocycles. The lowest BCUT2D eigenvalue weighted by molar-refractivity contribution is -0.132. The smallest absolute Gasteiger partial charge is 0.363 e. The first-order chi connectivity index (χ1) is 12.1. The van der Waals surface area contributed by atoms with Crippen molar-refractivity contribution in [3.8, 4) is 5.75 Å². The van der Waals surface area contributed by atoms with E-state index < -0.39 is 11.9 Å². The Balaban J connectivity index is 1.79. The molecule has 2 aromatic rings. The summed E-state index contributed by atoms with van der Waals surface area (Å²) in [5.74, 6) is -0.292. The van der Waals surface area contributed by atoms with Gasteiger partial charge in [-0.25, -0.2) is 9.79 Å². The van der Waals surface area contributed by atoms with Gasteiger partial charge in [0, 0.05) is 13.0 Å². The number of carbonyl (C=O) groups excluding carboxylic acids is 2. The average molecular weight is 333 g/mol. The number of nitrogens with zero attached hydrogens (tertiary/aromatic N) is 1. The molecule has 0 bridgehead atoms. The first kappa shape index (κ1) is 16.4. The molecule has 0 radical (unpaired) electrons. The Bertz CT molecular complexity index is 895. The second kappa shape index (κ2) is 7.40. The normalized spacial score (nSPS) is 15.3. The minimum Gasteiger partial charge on any atom is -0.427 e. The molecule has 0 atom stereocenters. The van der Waals surface area contributed by atoms with E-state index in [0.717, 1.165) is 5.56 Å². The third-order valence-electron chi connectivity index (χ3n) is 3.28. The summed E-state index contributed by atoms with van der Waals surface area (Å²) in [5.41, 5.74) is 1.85. The molecule has 0 fully saturated rings. The predicted molar refractivity (Wildman–Crippen MR) is 94.7 cm³/mol. The molecular weight excluding hydrogens is 318 g/mol. The summed E-state index contributed by atoms with van der Waals surface area (Å²) in [7, 11) is 0. The number of rotatable bonds is 4. The van der Waals surface area contributed by atoms with E-state index in [1.165, 1.54) is 6.92 Å². The van der Waals surface area contributed by atoms with Gasteiger partial charge in [0.25, 0.3) is 0 Å². The summed E-state index contributed by atoms with van der Waals surface area (Å²) < 4.78 is 10.2. The Morgan fingerprint density at radius 2 is 1.80 bits per heavy atom. The quantitative estimate of drug-likeness (QED) is 0.487. The van der Waals surface area contributed by atoms with E-state index in [2.05, 4.69) is 4.99 Å². The van der Waals surface area contributed by atoms with Gasteiger partial charge >= 0.3 is 11.9 Å². The number of benzene rings is 2. The molecule has 0 amide bonds. The Hall–Kier alpha value is -3.47. The highest BCUT2D eigenvalue weighted by atomic mass is 16.6. The van der Waals surface area contributed by atoms with Crippen molar-refractivity contribution < 1.29 is 19.1 Å². The van der Waals surface area contributed by atoms with Crippen LogP contribution in [0.2, 0.25) is 0 Å². The summed E-state index contributed by atoms with van der Waals surface area (Å²) in [6.45, 7) is 1.33. The van der Waals surface area contributed by atoms with Crippen LogP contribution in [0.25, 0.3) is 12.2 Å². The van der Waals surface area contributed by atoms with E-state index >= 15 is 0 Å². The van der Waals surface area contributed by atoms with Crippen molar-refractivity contribution in [1.29, 1.82) is 0 Å². The van der Waals surface area contributed by atoms with Crippen molar-refractivity contribution in [2.45, 2.75) is 6.92 Å². The lowest BCUT2D eigenvalue weighted by Crippen LogP contribution is -2.02. The highest BCUT2D eigenvalue weighted by Crippen LogP contribution is 2.20. The molecule has 2 aromatic carbocycles. The van der Waals surface area contributed by atoms with E-state index in [4.69, 9.17) is 9.47 Å². The molecule has 0 saturated carbocycles. The summed E-state index contributed by atoms with van der Waals surface area (Å²) in [6, 6.07) is 16.5. The largest absolute Gasteiger partial charge is 0.427 e. The first-order valence-corrected chi connectivity index (χ1v) is 7.64. The third kappa shape index (κ3) is 4.51. The number of aliphatic imine (C=N–C) groups is 1. The van der Waals surface area contributed by atoms with E-state index in [1.54, 1.807) is 36.4 Å². The number of ether oxygens (including phenoxy) is 2. The monoisotopic (exact) mass is 333 g/mol. The Morgan fingerprint density at radius 3 is 2.56 bits per heavy atom. The fraction of sp³-hybridized carbons (Fsp3) is 0.0500. The summed E-state index contributed by atoms with van der Waals surface area (Å²) in [6.07, 6.45) is 5.04. The molecule has 0 spiro atoms.